The van der Waals surface area contributed by atoms with Gasteiger partial charge in [0.1, 0.15) is 24.6 Å². The molecule has 8 nitrogen and oxygen atoms in total. The molecule has 0 fully saturated rings. The average molecular weight is 324 g/mol. The molecule has 120 valence electrons. The number of benzene rings is 2. The zero-order valence-corrected chi connectivity index (χ0v) is 12.4. The Kier molecular flexibility index (Phi) is 3.34. The van der Waals surface area contributed by atoms with E-state index in [-0.39, 0.29) is 5.69 Å². The highest BCUT2D eigenvalue weighted by Crippen LogP contribution is 2.36. The fourth-order valence-corrected chi connectivity index (χ4v) is 2.57. The Labute approximate surface area is 136 Å². The number of non-ortho nitro benzene ring substituents is 1. The van der Waals surface area contributed by atoms with E-state index in [9.17, 15) is 10.1 Å². The Morgan fingerprint density at radius 3 is 2.25 bits per heavy atom. The van der Waals surface area contributed by atoms with Crippen molar-refractivity contribution >= 4 is 5.69 Å². The highest BCUT2D eigenvalue weighted by atomic mass is 16.6. The summed E-state index contributed by atoms with van der Waals surface area (Å²) in [6, 6.07) is 11.7. The minimum atomic E-state index is -0.436. The van der Waals surface area contributed by atoms with E-state index in [0.717, 1.165) is 11.1 Å². The van der Waals surface area contributed by atoms with Crippen LogP contribution >= 0.6 is 0 Å². The van der Waals surface area contributed by atoms with Gasteiger partial charge in [-0.25, -0.2) is 0 Å². The number of aromatic nitrogens is 3. The maximum absolute atomic E-state index is 10.8. The van der Waals surface area contributed by atoms with Crippen LogP contribution in [0.4, 0.5) is 5.69 Å². The van der Waals surface area contributed by atoms with E-state index in [4.69, 9.17) is 9.47 Å². The van der Waals surface area contributed by atoms with E-state index in [1.807, 2.05) is 18.2 Å². The van der Waals surface area contributed by atoms with Crippen LogP contribution in [0.15, 0.2) is 42.5 Å². The number of hydrogen-bond acceptors (Lipinski definition) is 6. The third-order valence-electron chi connectivity index (χ3n) is 3.72. The summed E-state index contributed by atoms with van der Waals surface area (Å²) < 4.78 is 11.1. The molecule has 0 aliphatic carbocycles. The molecule has 0 atom stereocenters. The number of H-pyrrole nitrogens is 1. The van der Waals surface area contributed by atoms with Crippen LogP contribution in [-0.2, 0) is 0 Å². The molecule has 0 saturated carbocycles. The van der Waals surface area contributed by atoms with Gasteiger partial charge in [0.05, 0.1) is 4.92 Å². The molecule has 24 heavy (non-hydrogen) atoms. The topological polar surface area (TPSA) is 103 Å². The first kappa shape index (κ1) is 14.2. The van der Waals surface area contributed by atoms with Crippen LogP contribution in [0.5, 0.6) is 11.5 Å². The van der Waals surface area contributed by atoms with Crippen molar-refractivity contribution in [2.45, 2.75) is 0 Å². The lowest BCUT2D eigenvalue weighted by Gasteiger charge is -2.18. The summed E-state index contributed by atoms with van der Waals surface area (Å²) in [5.74, 6) is 1.36. The lowest BCUT2D eigenvalue weighted by atomic mass is 10.0. The molecule has 2 aromatic carbocycles. The fourth-order valence-electron chi connectivity index (χ4n) is 2.57. The van der Waals surface area contributed by atoms with Gasteiger partial charge in [-0.3, -0.25) is 10.1 Å². The van der Waals surface area contributed by atoms with E-state index < -0.39 is 4.92 Å². The number of nitro groups is 1. The van der Waals surface area contributed by atoms with E-state index in [2.05, 4.69) is 15.4 Å². The van der Waals surface area contributed by atoms with Crippen molar-refractivity contribution in [1.82, 2.24) is 15.4 Å². The SMILES string of the molecule is O=[N+]([O-])c1ccc(-c2n[nH]nc2-c2ccc3c(c2)OCCO3)cc1. The summed E-state index contributed by atoms with van der Waals surface area (Å²) in [5, 5.41) is 21.8. The van der Waals surface area contributed by atoms with E-state index in [0.29, 0.717) is 36.1 Å². The molecule has 2 heterocycles. The predicted octanol–water partition coefficient (Wildman–Crippen LogP) is 2.82. The van der Waals surface area contributed by atoms with Gasteiger partial charge in [0.25, 0.3) is 5.69 Å². The maximum Gasteiger partial charge on any atom is 0.269 e. The highest BCUT2D eigenvalue weighted by molar-refractivity contribution is 5.79. The van der Waals surface area contributed by atoms with Gasteiger partial charge in [0, 0.05) is 23.3 Å². The second kappa shape index (κ2) is 5.65. The second-order valence-electron chi connectivity index (χ2n) is 5.18. The quantitative estimate of drug-likeness (QED) is 0.587. The minimum absolute atomic E-state index is 0.0307. The number of nitrogens with zero attached hydrogens (tertiary/aromatic N) is 3. The first-order valence-corrected chi connectivity index (χ1v) is 7.28. The van der Waals surface area contributed by atoms with Crippen molar-refractivity contribution in [3.8, 4) is 34.0 Å². The van der Waals surface area contributed by atoms with Crippen LogP contribution in [0.1, 0.15) is 0 Å². The number of ether oxygens (including phenoxy) is 2. The fraction of sp³-hybridized carbons (Fsp3) is 0.125. The van der Waals surface area contributed by atoms with Crippen LogP contribution in [-0.4, -0.2) is 33.5 Å². The van der Waals surface area contributed by atoms with Crippen LogP contribution in [0.3, 0.4) is 0 Å². The molecule has 0 amide bonds. The Morgan fingerprint density at radius 2 is 1.54 bits per heavy atom. The summed E-state index contributed by atoms with van der Waals surface area (Å²) >= 11 is 0. The van der Waals surface area contributed by atoms with Crippen molar-refractivity contribution in [3.05, 3.63) is 52.6 Å². The normalized spacial score (nSPS) is 12.8. The van der Waals surface area contributed by atoms with Crippen LogP contribution < -0.4 is 9.47 Å². The first-order chi connectivity index (χ1) is 11.7. The molecule has 1 aliphatic heterocycles. The zero-order valence-electron chi connectivity index (χ0n) is 12.4. The minimum Gasteiger partial charge on any atom is -0.486 e. The van der Waals surface area contributed by atoms with Gasteiger partial charge in [-0.15, -0.1) is 0 Å². The monoisotopic (exact) mass is 324 g/mol. The third kappa shape index (κ3) is 2.43. The standard InChI is InChI=1S/C16H12N4O4/c21-20(22)12-4-1-10(2-5-12)15-16(18-19-17-15)11-3-6-13-14(9-11)24-8-7-23-13/h1-6,9H,7-8H2,(H,17,18,19). The number of fused-ring (bicyclic) bond motifs is 1. The molecule has 0 spiro atoms. The Morgan fingerprint density at radius 1 is 0.917 bits per heavy atom. The third-order valence-corrected chi connectivity index (χ3v) is 3.72. The summed E-state index contributed by atoms with van der Waals surface area (Å²) in [4.78, 5) is 10.3. The molecular formula is C16H12N4O4. The van der Waals surface area contributed by atoms with E-state index in [1.165, 1.54) is 12.1 Å². The number of hydrogen-bond donors (Lipinski definition) is 1. The Bertz CT molecular complexity index is 905. The molecule has 1 N–H and O–H groups in total. The average Bonchev–Trinajstić information content (AvgIpc) is 3.11. The highest BCUT2D eigenvalue weighted by Gasteiger charge is 2.17. The molecule has 0 radical (unpaired) electrons. The van der Waals surface area contributed by atoms with E-state index in [1.54, 1.807) is 12.1 Å². The van der Waals surface area contributed by atoms with Gasteiger partial charge in [-0.1, -0.05) is 0 Å². The number of nitro benzene ring substituents is 1. The molecule has 8 heteroatoms. The predicted molar refractivity (Wildman–Crippen MR) is 84.9 cm³/mol. The smallest absolute Gasteiger partial charge is 0.269 e. The zero-order chi connectivity index (χ0) is 16.5. The molecule has 4 rings (SSSR count). The van der Waals surface area contributed by atoms with Crippen LogP contribution in [0.2, 0.25) is 0 Å². The molecular weight excluding hydrogens is 312 g/mol. The number of rotatable bonds is 3. The van der Waals surface area contributed by atoms with Crippen molar-refractivity contribution < 1.29 is 14.4 Å². The second-order valence-corrected chi connectivity index (χ2v) is 5.18. The number of aromatic amines is 1. The summed E-state index contributed by atoms with van der Waals surface area (Å²) in [6.07, 6.45) is 0. The van der Waals surface area contributed by atoms with Crippen molar-refractivity contribution in [2.75, 3.05) is 13.2 Å². The van der Waals surface area contributed by atoms with Gasteiger partial charge < -0.3 is 9.47 Å². The largest absolute Gasteiger partial charge is 0.486 e. The van der Waals surface area contributed by atoms with Gasteiger partial charge >= 0.3 is 0 Å². The first-order valence-electron chi connectivity index (χ1n) is 7.28. The molecule has 0 saturated heterocycles. The van der Waals surface area contributed by atoms with Crippen molar-refractivity contribution in [2.24, 2.45) is 0 Å². The summed E-state index contributed by atoms with van der Waals surface area (Å²) in [6.45, 7) is 1.04. The van der Waals surface area contributed by atoms with Crippen LogP contribution in [0.25, 0.3) is 22.5 Å². The van der Waals surface area contributed by atoms with Gasteiger partial charge in [-0.2, -0.15) is 15.4 Å². The molecule has 0 bridgehead atoms. The van der Waals surface area contributed by atoms with Crippen LogP contribution in [0, 0.1) is 10.1 Å². The van der Waals surface area contributed by atoms with Crippen molar-refractivity contribution in [1.29, 1.82) is 0 Å². The van der Waals surface area contributed by atoms with E-state index >= 15 is 0 Å². The summed E-state index contributed by atoms with van der Waals surface area (Å²) in [7, 11) is 0. The van der Waals surface area contributed by atoms with Gasteiger partial charge in [-0.05, 0) is 30.3 Å². The lowest BCUT2D eigenvalue weighted by Crippen LogP contribution is -2.15. The number of nitrogens with one attached hydrogen (secondary N) is 1. The summed E-state index contributed by atoms with van der Waals surface area (Å²) in [5.41, 5.74) is 2.84. The molecule has 3 aromatic rings. The molecule has 0 unspecified atom stereocenters. The lowest BCUT2D eigenvalue weighted by molar-refractivity contribution is -0.384. The van der Waals surface area contributed by atoms with Crippen molar-refractivity contribution in [3.63, 3.8) is 0 Å². The van der Waals surface area contributed by atoms with Gasteiger partial charge in [0.2, 0.25) is 0 Å². The Balaban J connectivity index is 1.73. The molecule has 1 aromatic heterocycles. The van der Waals surface area contributed by atoms with Gasteiger partial charge in [0.15, 0.2) is 11.5 Å². The maximum atomic E-state index is 10.8. The molecule has 1 aliphatic rings. The Hall–Kier alpha value is -3.42.